The van der Waals surface area contributed by atoms with E-state index in [0.717, 1.165) is 6.54 Å². The summed E-state index contributed by atoms with van der Waals surface area (Å²) in [6.07, 6.45) is 2.51. The van der Waals surface area contributed by atoms with Gasteiger partial charge in [0, 0.05) is 19.6 Å². The SMILES string of the molecule is CCCC(C)NN(C)CC. The maximum atomic E-state index is 3.36. The minimum atomic E-state index is 0.620. The molecule has 10 heavy (non-hydrogen) atoms. The van der Waals surface area contributed by atoms with Gasteiger partial charge in [0.05, 0.1) is 0 Å². The highest BCUT2D eigenvalue weighted by molar-refractivity contribution is 4.55. The summed E-state index contributed by atoms with van der Waals surface area (Å²) in [6, 6.07) is 0.620. The van der Waals surface area contributed by atoms with Gasteiger partial charge in [-0.05, 0) is 13.3 Å². The van der Waals surface area contributed by atoms with Gasteiger partial charge in [0.1, 0.15) is 0 Å². The smallest absolute Gasteiger partial charge is 0.0186 e. The molecule has 0 saturated carbocycles. The predicted molar refractivity (Wildman–Crippen MR) is 45.8 cm³/mol. The van der Waals surface area contributed by atoms with Gasteiger partial charge in [-0.1, -0.05) is 20.3 Å². The normalized spacial score (nSPS) is 14.1. The van der Waals surface area contributed by atoms with Crippen molar-refractivity contribution in [3.05, 3.63) is 0 Å². The summed E-state index contributed by atoms with van der Waals surface area (Å²) in [5, 5.41) is 2.13. The van der Waals surface area contributed by atoms with E-state index in [-0.39, 0.29) is 0 Å². The molecular formula is C8H20N2. The van der Waals surface area contributed by atoms with Crippen LogP contribution in [-0.2, 0) is 0 Å². The second kappa shape index (κ2) is 5.69. The Bertz CT molecular complexity index is 73.7. The summed E-state index contributed by atoms with van der Waals surface area (Å²) in [6.45, 7) is 7.64. The number of hydrogen-bond donors (Lipinski definition) is 1. The summed E-state index contributed by atoms with van der Waals surface area (Å²) in [7, 11) is 2.08. The average molecular weight is 144 g/mol. The standard InChI is InChI=1S/C8H20N2/c1-5-7-8(3)9-10(4)6-2/h8-9H,5-7H2,1-4H3. The van der Waals surface area contributed by atoms with Crippen LogP contribution in [0.3, 0.4) is 0 Å². The molecule has 0 aliphatic rings. The maximum absolute atomic E-state index is 3.36. The number of nitrogens with one attached hydrogen (secondary N) is 1. The lowest BCUT2D eigenvalue weighted by atomic mass is 10.2. The first-order valence-electron chi connectivity index (χ1n) is 4.18. The molecule has 0 aromatic rings. The van der Waals surface area contributed by atoms with E-state index in [0.29, 0.717) is 6.04 Å². The van der Waals surface area contributed by atoms with Gasteiger partial charge in [-0.15, -0.1) is 0 Å². The second-order valence-electron chi connectivity index (χ2n) is 2.83. The van der Waals surface area contributed by atoms with E-state index >= 15 is 0 Å². The van der Waals surface area contributed by atoms with Gasteiger partial charge < -0.3 is 0 Å². The Morgan fingerprint density at radius 1 is 1.40 bits per heavy atom. The fraction of sp³-hybridized carbons (Fsp3) is 1.00. The van der Waals surface area contributed by atoms with Crippen LogP contribution in [0.4, 0.5) is 0 Å². The van der Waals surface area contributed by atoms with Crippen LogP contribution < -0.4 is 5.43 Å². The molecule has 0 bridgehead atoms. The molecule has 1 unspecified atom stereocenters. The molecule has 1 N–H and O–H groups in total. The molecule has 0 fully saturated rings. The molecule has 0 amide bonds. The van der Waals surface area contributed by atoms with Crippen molar-refractivity contribution in [2.24, 2.45) is 0 Å². The third-order valence-electron chi connectivity index (χ3n) is 1.64. The number of nitrogens with zero attached hydrogens (tertiary/aromatic N) is 1. The molecule has 0 heterocycles. The average Bonchev–Trinajstić information content (AvgIpc) is 1.88. The van der Waals surface area contributed by atoms with Gasteiger partial charge >= 0.3 is 0 Å². The molecule has 0 aromatic heterocycles. The molecule has 0 rings (SSSR count). The van der Waals surface area contributed by atoms with E-state index in [1.165, 1.54) is 12.8 Å². The summed E-state index contributed by atoms with van der Waals surface area (Å²) in [4.78, 5) is 0. The fourth-order valence-corrected chi connectivity index (χ4v) is 0.965. The van der Waals surface area contributed by atoms with Crippen LogP contribution in [0.5, 0.6) is 0 Å². The summed E-state index contributed by atoms with van der Waals surface area (Å²) >= 11 is 0. The van der Waals surface area contributed by atoms with Crippen LogP contribution in [0.2, 0.25) is 0 Å². The minimum absolute atomic E-state index is 0.620. The third-order valence-corrected chi connectivity index (χ3v) is 1.64. The predicted octanol–water partition coefficient (Wildman–Crippen LogP) is 1.63. The zero-order chi connectivity index (χ0) is 7.98. The van der Waals surface area contributed by atoms with Crippen LogP contribution in [-0.4, -0.2) is 24.6 Å². The Morgan fingerprint density at radius 2 is 2.00 bits per heavy atom. The van der Waals surface area contributed by atoms with Gasteiger partial charge in [0.15, 0.2) is 0 Å². The number of rotatable bonds is 5. The molecule has 2 nitrogen and oxygen atoms in total. The Balaban J connectivity index is 3.27. The minimum Gasteiger partial charge on any atom is -0.253 e. The summed E-state index contributed by atoms with van der Waals surface area (Å²) < 4.78 is 0. The van der Waals surface area contributed by atoms with Gasteiger partial charge in [-0.3, -0.25) is 5.43 Å². The van der Waals surface area contributed by atoms with E-state index < -0.39 is 0 Å². The van der Waals surface area contributed by atoms with Crippen LogP contribution in [0.1, 0.15) is 33.6 Å². The van der Waals surface area contributed by atoms with Crippen LogP contribution >= 0.6 is 0 Å². The highest BCUT2D eigenvalue weighted by Crippen LogP contribution is 1.94. The number of hydrogen-bond acceptors (Lipinski definition) is 2. The van der Waals surface area contributed by atoms with Crippen molar-refractivity contribution in [3.63, 3.8) is 0 Å². The van der Waals surface area contributed by atoms with E-state index in [2.05, 4.69) is 38.3 Å². The second-order valence-corrected chi connectivity index (χ2v) is 2.83. The molecule has 0 aromatic carbocycles. The van der Waals surface area contributed by atoms with Crippen LogP contribution in [0.15, 0.2) is 0 Å². The molecule has 0 saturated heterocycles. The highest BCUT2D eigenvalue weighted by Gasteiger charge is 2.00. The van der Waals surface area contributed by atoms with Gasteiger partial charge in [-0.2, -0.15) is 0 Å². The summed E-state index contributed by atoms with van der Waals surface area (Å²) in [5.41, 5.74) is 3.36. The summed E-state index contributed by atoms with van der Waals surface area (Å²) in [5.74, 6) is 0. The van der Waals surface area contributed by atoms with Crippen molar-refractivity contribution in [1.82, 2.24) is 10.4 Å². The van der Waals surface area contributed by atoms with E-state index in [1.54, 1.807) is 0 Å². The van der Waals surface area contributed by atoms with Gasteiger partial charge in [-0.25, -0.2) is 5.01 Å². The molecule has 1 atom stereocenters. The van der Waals surface area contributed by atoms with Gasteiger partial charge in [0.25, 0.3) is 0 Å². The molecular weight excluding hydrogens is 124 g/mol. The van der Waals surface area contributed by atoms with E-state index in [1.807, 2.05) is 0 Å². The first-order valence-corrected chi connectivity index (χ1v) is 4.18. The van der Waals surface area contributed by atoms with E-state index in [4.69, 9.17) is 0 Å². The lowest BCUT2D eigenvalue weighted by molar-refractivity contribution is 0.208. The lowest BCUT2D eigenvalue weighted by Crippen LogP contribution is -2.40. The Morgan fingerprint density at radius 3 is 2.40 bits per heavy atom. The van der Waals surface area contributed by atoms with Crippen LogP contribution in [0, 0.1) is 0 Å². The van der Waals surface area contributed by atoms with Crippen molar-refractivity contribution >= 4 is 0 Å². The topological polar surface area (TPSA) is 15.3 Å². The largest absolute Gasteiger partial charge is 0.253 e. The monoisotopic (exact) mass is 144 g/mol. The van der Waals surface area contributed by atoms with Gasteiger partial charge in [0.2, 0.25) is 0 Å². The Hall–Kier alpha value is -0.0800. The van der Waals surface area contributed by atoms with Crippen molar-refractivity contribution < 1.29 is 0 Å². The third kappa shape index (κ3) is 4.77. The Labute approximate surface area is 64.6 Å². The molecule has 0 aliphatic heterocycles. The first-order chi connectivity index (χ1) is 4.70. The highest BCUT2D eigenvalue weighted by atomic mass is 15.5. The molecule has 0 aliphatic carbocycles. The van der Waals surface area contributed by atoms with Crippen molar-refractivity contribution in [2.45, 2.75) is 39.7 Å². The molecule has 2 heteroatoms. The van der Waals surface area contributed by atoms with Crippen molar-refractivity contribution in [2.75, 3.05) is 13.6 Å². The quantitative estimate of drug-likeness (QED) is 0.590. The Kier molecular flexibility index (Phi) is 5.64. The zero-order valence-electron chi connectivity index (χ0n) is 7.65. The maximum Gasteiger partial charge on any atom is 0.0186 e. The van der Waals surface area contributed by atoms with E-state index in [9.17, 15) is 0 Å². The molecule has 0 spiro atoms. The lowest BCUT2D eigenvalue weighted by Gasteiger charge is -2.21. The van der Waals surface area contributed by atoms with Crippen molar-refractivity contribution in [3.8, 4) is 0 Å². The molecule has 0 radical (unpaired) electrons. The zero-order valence-corrected chi connectivity index (χ0v) is 7.65. The first kappa shape index (κ1) is 9.92. The fourth-order valence-electron chi connectivity index (χ4n) is 0.965. The number of hydrazine groups is 1. The van der Waals surface area contributed by atoms with Crippen molar-refractivity contribution in [1.29, 1.82) is 0 Å². The van der Waals surface area contributed by atoms with Crippen LogP contribution in [0.25, 0.3) is 0 Å². The molecule has 62 valence electrons.